The van der Waals surface area contributed by atoms with E-state index in [0.29, 0.717) is 5.92 Å². The van der Waals surface area contributed by atoms with Crippen molar-refractivity contribution in [3.05, 3.63) is 65.7 Å². The summed E-state index contributed by atoms with van der Waals surface area (Å²) in [6.07, 6.45) is 7.36. The SMILES string of the molecule is O=C(Nc1ccccc1Cc1ccccc1)N1CC[C@H]2CCCC[C@@H]2C1. The molecule has 0 aromatic heterocycles. The molecular weight excluding hydrogens is 320 g/mol. The van der Waals surface area contributed by atoms with Crippen LogP contribution in [0.25, 0.3) is 0 Å². The third-order valence-electron chi connectivity index (χ3n) is 6.07. The fourth-order valence-electron chi connectivity index (χ4n) is 4.59. The van der Waals surface area contributed by atoms with Gasteiger partial charge in [-0.2, -0.15) is 0 Å². The van der Waals surface area contributed by atoms with Crippen LogP contribution >= 0.6 is 0 Å². The van der Waals surface area contributed by atoms with Crippen molar-refractivity contribution in [1.82, 2.24) is 4.90 Å². The first-order chi connectivity index (χ1) is 12.8. The van der Waals surface area contributed by atoms with Gasteiger partial charge < -0.3 is 10.2 Å². The van der Waals surface area contributed by atoms with Gasteiger partial charge in [0.25, 0.3) is 0 Å². The predicted molar refractivity (Wildman–Crippen MR) is 106 cm³/mol. The van der Waals surface area contributed by atoms with Crippen molar-refractivity contribution in [2.24, 2.45) is 11.8 Å². The lowest BCUT2D eigenvalue weighted by Crippen LogP contribution is -2.46. The second kappa shape index (κ2) is 7.94. The summed E-state index contributed by atoms with van der Waals surface area (Å²) in [6, 6.07) is 18.6. The van der Waals surface area contributed by atoms with Crippen LogP contribution in [0.2, 0.25) is 0 Å². The van der Waals surface area contributed by atoms with Gasteiger partial charge in [-0.3, -0.25) is 0 Å². The first-order valence-corrected chi connectivity index (χ1v) is 9.97. The molecule has 1 saturated heterocycles. The van der Waals surface area contributed by atoms with Crippen LogP contribution in [0.4, 0.5) is 10.5 Å². The molecule has 136 valence electrons. The van der Waals surface area contributed by atoms with Crippen LogP contribution in [0, 0.1) is 11.8 Å². The van der Waals surface area contributed by atoms with Gasteiger partial charge in [-0.25, -0.2) is 4.79 Å². The lowest BCUT2D eigenvalue weighted by molar-refractivity contribution is 0.108. The van der Waals surface area contributed by atoms with Crippen molar-refractivity contribution in [2.75, 3.05) is 18.4 Å². The van der Waals surface area contributed by atoms with Crippen LogP contribution in [-0.2, 0) is 6.42 Å². The molecule has 1 aliphatic heterocycles. The third kappa shape index (κ3) is 3.92. The summed E-state index contributed by atoms with van der Waals surface area (Å²) in [6.45, 7) is 1.82. The first kappa shape index (κ1) is 17.1. The maximum absolute atomic E-state index is 12.9. The molecule has 0 bridgehead atoms. The Morgan fingerprint density at radius 2 is 1.65 bits per heavy atom. The molecular formula is C23H28N2O. The Labute approximate surface area is 156 Å². The Hall–Kier alpha value is -2.29. The van der Waals surface area contributed by atoms with Gasteiger partial charge in [-0.1, -0.05) is 67.8 Å². The maximum atomic E-state index is 12.9. The normalized spacial score (nSPS) is 22.5. The predicted octanol–water partition coefficient (Wildman–Crippen LogP) is 5.32. The van der Waals surface area contributed by atoms with Gasteiger partial charge in [0.05, 0.1) is 0 Å². The summed E-state index contributed by atoms with van der Waals surface area (Å²) in [4.78, 5) is 14.9. The molecule has 3 heteroatoms. The molecule has 4 rings (SSSR count). The Balaban J connectivity index is 1.43. The average molecular weight is 348 g/mol. The van der Waals surface area contributed by atoms with Crippen LogP contribution in [0.15, 0.2) is 54.6 Å². The molecule has 2 aliphatic rings. The van der Waals surface area contributed by atoms with Crippen molar-refractivity contribution >= 4 is 11.7 Å². The fourth-order valence-corrected chi connectivity index (χ4v) is 4.59. The minimum atomic E-state index is 0.0644. The highest BCUT2D eigenvalue weighted by molar-refractivity contribution is 5.90. The summed E-state index contributed by atoms with van der Waals surface area (Å²) in [5.74, 6) is 1.56. The number of rotatable bonds is 3. The molecule has 0 unspecified atom stereocenters. The summed E-state index contributed by atoms with van der Waals surface area (Å²) < 4.78 is 0. The summed E-state index contributed by atoms with van der Waals surface area (Å²) in [5, 5.41) is 3.18. The van der Waals surface area contributed by atoms with Crippen LogP contribution < -0.4 is 5.32 Å². The first-order valence-electron chi connectivity index (χ1n) is 9.97. The molecule has 1 aliphatic carbocycles. The molecule has 2 amide bonds. The van der Waals surface area contributed by atoms with E-state index in [1.807, 2.05) is 29.2 Å². The van der Waals surface area contributed by atoms with Crippen molar-refractivity contribution in [2.45, 2.75) is 38.5 Å². The molecule has 1 N–H and O–H groups in total. The van der Waals surface area contributed by atoms with E-state index in [2.05, 4.69) is 35.6 Å². The van der Waals surface area contributed by atoms with E-state index < -0.39 is 0 Å². The Morgan fingerprint density at radius 3 is 2.50 bits per heavy atom. The second-order valence-corrected chi connectivity index (χ2v) is 7.79. The Morgan fingerprint density at radius 1 is 0.923 bits per heavy atom. The lowest BCUT2D eigenvalue weighted by Gasteiger charge is -2.41. The molecule has 1 heterocycles. The molecule has 3 nitrogen and oxygen atoms in total. The molecule has 0 radical (unpaired) electrons. The average Bonchev–Trinajstić information content (AvgIpc) is 2.70. The number of hydrogen-bond acceptors (Lipinski definition) is 1. The number of carbonyl (C=O) groups excluding carboxylic acids is 1. The monoisotopic (exact) mass is 348 g/mol. The molecule has 1 saturated carbocycles. The number of urea groups is 1. The lowest BCUT2D eigenvalue weighted by atomic mass is 9.75. The Kier molecular flexibility index (Phi) is 5.24. The van der Waals surface area contributed by atoms with Crippen LogP contribution in [-0.4, -0.2) is 24.0 Å². The maximum Gasteiger partial charge on any atom is 0.321 e. The molecule has 2 aromatic carbocycles. The highest BCUT2D eigenvalue weighted by Crippen LogP contribution is 2.36. The minimum Gasteiger partial charge on any atom is -0.324 e. The van der Waals surface area contributed by atoms with E-state index >= 15 is 0 Å². The summed E-state index contributed by atoms with van der Waals surface area (Å²) >= 11 is 0. The number of fused-ring (bicyclic) bond motifs is 1. The number of nitrogens with one attached hydrogen (secondary N) is 1. The van der Waals surface area contributed by atoms with Gasteiger partial charge in [-0.15, -0.1) is 0 Å². The minimum absolute atomic E-state index is 0.0644. The van der Waals surface area contributed by atoms with Crippen LogP contribution in [0.3, 0.4) is 0 Å². The quantitative estimate of drug-likeness (QED) is 0.800. The van der Waals surface area contributed by atoms with Gasteiger partial charge in [0.15, 0.2) is 0 Å². The number of benzene rings is 2. The summed E-state index contributed by atoms with van der Waals surface area (Å²) in [7, 11) is 0. The molecule has 26 heavy (non-hydrogen) atoms. The zero-order valence-corrected chi connectivity index (χ0v) is 15.4. The number of nitrogens with zero attached hydrogens (tertiary/aromatic N) is 1. The number of piperidine rings is 1. The van der Waals surface area contributed by atoms with Crippen LogP contribution in [0.5, 0.6) is 0 Å². The van der Waals surface area contributed by atoms with Crippen molar-refractivity contribution < 1.29 is 4.79 Å². The van der Waals surface area contributed by atoms with Gasteiger partial charge in [-0.05, 0) is 48.3 Å². The molecule has 0 spiro atoms. The topological polar surface area (TPSA) is 32.3 Å². The zero-order chi connectivity index (χ0) is 17.8. The summed E-state index contributed by atoms with van der Waals surface area (Å²) in [5.41, 5.74) is 3.36. The number of anilines is 1. The van der Waals surface area contributed by atoms with E-state index in [0.717, 1.165) is 31.1 Å². The highest BCUT2D eigenvalue weighted by atomic mass is 16.2. The number of carbonyl (C=O) groups is 1. The van der Waals surface area contributed by atoms with Gasteiger partial charge >= 0.3 is 6.03 Å². The number of likely N-dealkylation sites (tertiary alicyclic amines) is 1. The standard InChI is InChI=1S/C23H28N2O/c26-23(25-15-14-19-10-4-5-12-21(19)17-25)24-22-13-7-6-11-20(22)16-18-8-2-1-3-9-18/h1-3,6-9,11,13,19,21H,4-5,10,12,14-17H2,(H,24,26)/t19-,21-/m1/s1. The van der Waals surface area contributed by atoms with Gasteiger partial charge in [0.2, 0.25) is 0 Å². The number of para-hydroxylation sites is 1. The molecule has 2 aromatic rings. The van der Waals surface area contributed by atoms with E-state index in [1.165, 1.54) is 43.2 Å². The van der Waals surface area contributed by atoms with Gasteiger partial charge in [0, 0.05) is 18.8 Å². The highest BCUT2D eigenvalue weighted by Gasteiger charge is 2.33. The smallest absolute Gasteiger partial charge is 0.321 e. The van der Waals surface area contributed by atoms with Crippen molar-refractivity contribution in [1.29, 1.82) is 0 Å². The van der Waals surface area contributed by atoms with Crippen molar-refractivity contribution in [3.63, 3.8) is 0 Å². The number of hydrogen-bond donors (Lipinski definition) is 1. The zero-order valence-electron chi connectivity index (χ0n) is 15.4. The van der Waals surface area contributed by atoms with Crippen LogP contribution in [0.1, 0.15) is 43.2 Å². The fraction of sp³-hybridized carbons (Fsp3) is 0.435. The van der Waals surface area contributed by atoms with Gasteiger partial charge in [0.1, 0.15) is 0 Å². The van der Waals surface area contributed by atoms with Crippen molar-refractivity contribution in [3.8, 4) is 0 Å². The van der Waals surface area contributed by atoms with E-state index in [9.17, 15) is 4.79 Å². The Bertz CT molecular complexity index is 743. The molecule has 2 atom stereocenters. The number of amides is 2. The molecule has 2 fully saturated rings. The van der Waals surface area contributed by atoms with E-state index in [1.54, 1.807) is 0 Å². The largest absolute Gasteiger partial charge is 0.324 e. The van der Waals surface area contributed by atoms with E-state index in [4.69, 9.17) is 0 Å². The third-order valence-corrected chi connectivity index (χ3v) is 6.07. The second-order valence-electron chi connectivity index (χ2n) is 7.79. The van der Waals surface area contributed by atoms with E-state index in [-0.39, 0.29) is 6.03 Å².